The molecule has 0 aliphatic heterocycles. The van der Waals surface area contributed by atoms with Crippen LogP contribution in [0.2, 0.25) is 0 Å². The quantitative estimate of drug-likeness (QED) is 0.339. The van der Waals surface area contributed by atoms with Crippen LogP contribution in [0, 0.1) is 17.8 Å². The zero-order valence-corrected chi connectivity index (χ0v) is 16.4. The summed E-state index contributed by atoms with van der Waals surface area (Å²) in [5.74, 6) is -0.429. The molecule has 148 valence electrons. The first-order valence-electron chi connectivity index (χ1n) is 10.2. The van der Waals surface area contributed by atoms with Crippen molar-refractivity contribution >= 4 is 11.8 Å². The van der Waals surface area contributed by atoms with E-state index in [1.165, 1.54) is 19.3 Å². The lowest BCUT2D eigenvalue weighted by atomic mass is 9.86. The molecule has 0 aromatic carbocycles. The number of rotatable bonds is 14. The number of ketones is 1. The number of hydrogen-bond acceptors (Lipinski definition) is 3. The van der Waals surface area contributed by atoms with Gasteiger partial charge in [-0.05, 0) is 37.7 Å². The van der Waals surface area contributed by atoms with Gasteiger partial charge in [-0.15, -0.1) is 0 Å². The van der Waals surface area contributed by atoms with Crippen LogP contribution in [0.25, 0.3) is 0 Å². The zero-order valence-electron chi connectivity index (χ0n) is 16.4. The molecule has 0 saturated carbocycles. The van der Waals surface area contributed by atoms with Crippen LogP contribution in [-0.4, -0.2) is 28.1 Å². The summed E-state index contributed by atoms with van der Waals surface area (Å²) in [6, 6.07) is 0. The molecule has 26 heavy (non-hydrogen) atoms. The number of hydrogen-bond donors (Lipinski definition) is 2. The summed E-state index contributed by atoms with van der Waals surface area (Å²) in [5.41, 5.74) is 0. The molecule has 0 aromatic rings. The highest BCUT2D eigenvalue weighted by Crippen LogP contribution is 2.29. The summed E-state index contributed by atoms with van der Waals surface area (Å²) in [6.07, 6.45) is 15.9. The Balaban J connectivity index is 2.35. The van der Waals surface area contributed by atoms with E-state index in [4.69, 9.17) is 5.11 Å². The van der Waals surface area contributed by atoms with Gasteiger partial charge in [0.05, 0.1) is 12.0 Å². The van der Waals surface area contributed by atoms with Crippen molar-refractivity contribution in [3.63, 3.8) is 0 Å². The molecular weight excluding hydrogens is 328 g/mol. The maximum absolute atomic E-state index is 12.1. The van der Waals surface area contributed by atoms with E-state index >= 15 is 0 Å². The fourth-order valence-electron chi connectivity index (χ4n) is 3.57. The van der Waals surface area contributed by atoms with Gasteiger partial charge in [-0.25, -0.2) is 0 Å². The van der Waals surface area contributed by atoms with E-state index in [1.807, 2.05) is 6.08 Å². The molecule has 0 saturated heterocycles. The highest BCUT2D eigenvalue weighted by Gasteiger charge is 2.34. The van der Waals surface area contributed by atoms with Crippen LogP contribution >= 0.6 is 0 Å². The normalized spacial score (nSPS) is 22.2. The first-order chi connectivity index (χ1) is 12.5. The standard InChI is InChI=1S/C22H36O4/c1-3-4-10-17(2)11-8-9-12-18-15-16-20(24)22(18)19(23)13-6-5-7-14-21(25)26/h9,12,15-19,22-23H,3-8,10-11,13-14H2,1-2H3,(H,25,26). The SMILES string of the molecule is CCCCC(C)CCC=CC1C=CC(=O)C1C(O)CCCCCC(=O)O. The molecule has 1 rings (SSSR count). The van der Waals surface area contributed by atoms with Crippen molar-refractivity contribution in [1.29, 1.82) is 0 Å². The molecule has 0 fully saturated rings. The molecule has 1 aliphatic rings. The first-order valence-corrected chi connectivity index (χ1v) is 10.2. The van der Waals surface area contributed by atoms with E-state index in [-0.39, 0.29) is 24.0 Å². The summed E-state index contributed by atoms with van der Waals surface area (Å²) in [7, 11) is 0. The van der Waals surface area contributed by atoms with Crippen LogP contribution in [0.15, 0.2) is 24.3 Å². The van der Waals surface area contributed by atoms with Crippen molar-refractivity contribution < 1.29 is 19.8 Å². The monoisotopic (exact) mass is 364 g/mol. The maximum atomic E-state index is 12.1. The van der Waals surface area contributed by atoms with Gasteiger partial charge in [0.2, 0.25) is 0 Å². The average Bonchev–Trinajstić information content (AvgIpc) is 2.96. The number of carboxylic acid groups (broad SMARTS) is 1. The second-order valence-corrected chi connectivity index (χ2v) is 7.68. The van der Waals surface area contributed by atoms with E-state index in [0.717, 1.165) is 31.6 Å². The van der Waals surface area contributed by atoms with Crippen molar-refractivity contribution in [1.82, 2.24) is 0 Å². The number of allylic oxidation sites excluding steroid dienone is 4. The average molecular weight is 365 g/mol. The van der Waals surface area contributed by atoms with Gasteiger partial charge < -0.3 is 10.2 Å². The third-order valence-electron chi connectivity index (χ3n) is 5.27. The Morgan fingerprint density at radius 3 is 2.65 bits per heavy atom. The van der Waals surface area contributed by atoms with Crippen LogP contribution in [0.1, 0.15) is 78.1 Å². The van der Waals surface area contributed by atoms with Crippen molar-refractivity contribution in [2.75, 3.05) is 0 Å². The van der Waals surface area contributed by atoms with E-state index in [0.29, 0.717) is 12.8 Å². The minimum absolute atomic E-state index is 0.00833. The third-order valence-corrected chi connectivity index (χ3v) is 5.27. The molecule has 0 heterocycles. The topological polar surface area (TPSA) is 74.6 Å². The van der Waals surface area contributed by atoms with E-state index in [1.54, 1.807) is 6.08 Å². The minimum Gasteiger partial charge on any atom is -0.481 e. The Bertz CT molecular complexity index is 481. The summed E-state index contributed by atoms with van der Waals surface area (Å²) < 4.78 is 0. The number of aliphatic carboxylic acids is 1. The number of aliphatic hydroxyl groups excluding tert-OH is 1. The van der Waals surface area contributed by atoms with Crippen LogP contribution in [0.3, 0.4) is 0 Å². The molecule has 0 radical (unpaired) electrons. The molecule has 2 N–H and O–H groups in total. The highest BCUT2D eigenvalue weighted by atomic mass is 16.4. The van der Waals surface area contributed by atoms with Gasteiger partial charge in [0.15, 0.2) is 5.78 Å². The molecule has 0 aromatic heterocycles. The van der Waals surface area contributed by atoms with Crippen LogP contribution in [-0.2, 0) is 9.59 Å². The van der Waals surface area contributed by atoms with Crippen molar-refractivity contribution in [2.45, 2.75) is 84.2 Å². The van der Waals surface area contributed by atoms with E-state index in [9.17, 15) is 14.7 Å². The van der Waals surface area contributed by atoms with Crippen molar-refractivity contribution in [3.8, 4) is 0 Å². The lowest BCUT2D eigenvalue weighted by molar-refractivity contribution is -0.137. The highest BCUT2D eigenvalue weighted by molar-refractivity contribution is 5.95. The molecule has 0 amide bonds. The predicted octanol–water partition coefficient (Wildman–Crippen LogP) is 4.92. The summed E-state index contributed by atoms with van der Waals surface area (Å²) in [4.78, 5) is 22.6. The Kier molecular flexibility index (Phi) is 11.2. The van der Waals surface area contributed by atoms with Crippen molar-refractivity contribution in [3.05, 3.63) is 24.3 Å². The summed E-state index contributed by atoms with van der Waals surface area (Å²) in [6.45, 7) is 4.51. The predicted molar refractivity (Wildman–Crippen MR) is 105 cm³/mol. The van der Waals surface area contributed by atoms with Gasteiger partial charge in [-0.1, -0.05) is 64.2 Å². The summed E-state index contributed by atoms with van der Waals surface area (Å²) in [5, 5.41) is 19.1. The van der Waals surface area contributed by atoms with E-state index in [2.05, 4.69) is 26.0 Å². The first kappa shape index (κ1) is 22.6. The smallest absolute Gasteiger partial charge is 0.303 e. The Morgan fingerprint density at radius 1 is 1.19 bits per heavy atom. The largest absolute Gasteiger partial charge is 0.481 e. The van der Waals surface area contributed by atoms with Gasteiger partial charge in [0.25, 0.3) is 0 Å². The third kappa shape index (κ3) is 8.79. The molecule has 4 nitrogen and oxygen atoms in total. The molecule has 4 heteroatoms. The van der Waals surface area contributed by atoms with Crippen LogP contribution < -0.4 is 0 Å². The van der Waals surface area contributed by atoms with Gasteiger partial charge in [0, 0.05) is 12.3 Å². The van der Waals surface area contributed by atoms with Gasteiger partial charge in [-0.3, -0.25) is 9.59 Å². The Labute approximate surface area is 158 Å². The number of aliphatic hydroxyl groups is 1. The minimum atomic E-state index is -0.782. The molecule has 1 aliphatic carbocycles. The van der Waals surface area contributed by atoms with Crippen LogP contribution in [0.4, 0.5) is 0 Å². The number of unbranched alkanes of at least 4 members (excludes halogenated alkanes) is 3. The molecule has 4 unspecified atom stereocenters. The lowest BCUT2D eigenvalue weighted by Gasteiger charge is -2.21. The lowest BCUT2D eigenvalue weighted by Crippen LogP contribution is -2.29. The second-order valence-electron chi connectivity index (χ2n) is 7.68. The number of carbonyl (C=O) groups is 2. The van der Waals surface area contributed by atoms with Crippen molar-refractivity contribution in [2.24, 2.45) is 17.8 Å². The summed E-state index contributed by atoms with van der Waals surface area (Å²) >= 11 is 0. The Morgan fingerprint density at radius 2 is 1.96 bits per heavy atom. The Hall–Kier alpha value is -1.42. The van der Waals surface area contributed by atoms with E-state index < -0.39 is 12.1 Å². The zero-order chi connectivity index (χ0) is 19.4. The fourth-order valence-corrected chi connectivity index (χ4v) is 3.57. The van der Waals surface area contributed by atoms with Gasteiger partial charge in [0.1, 0.15) is 0 Å². The number of carboxylic acids is 1. The van der Waals surface area contributed by atoms with Gasteiger partial charge in [-0.2, -0.15) is 0 Å². The molecular formula is C22H36O4. The molecule has 0 bridgehead atoms. The molecule has 0 spiro atoms. The fraction of sp³-hybridized carbons (Fsp3) is 0.727. The van der Waals surface area contributed by atoms with Gasteiger partial charge >= 0.3 is 5.97 Å². The number of carbonyl (C=O) groups excluding carboxylic acids is 1. The second kappa shape index (κ2) is 12.9. The maximum Gasteiger partial charge on any atom is 0.303 e. The van der Waals surface area contributed by atoms with Crippen LogP contribution in [0.5, 0.6) is 0 Å². The molecule has 4 atom stereocenters.